The van der Waals surface area contributed by atoms with Crippen LogP contribution in [-0.4, -0.2) is 0 Å². The van der Waals surface area contributed by atoms with Gasteiger partial charge in [0.2, 0.25) is 0 Å². The molecule has 0 bridgehead atoms. The third-order valence-corrected chi connectivity index (χ3v) is 3.84. The van der Waals surface area contributed by atoms with Crippen molar-refractivity contribution in [2.75, 3.05) is 10.0 Å². The molecule has 4 rings (SSSR count). The molecule has 2 aliphatic heterocycles. The fourth-order valence-corrected chi connectivity index (χ4v) is 2.80. The van der Waals surface area contributed by atoms with Gasteiger partial charge in [-0.2, -0.15) is 0 Å². The first kappa shape index (κ1) is 12.9. The highest BCUT2D eigenvalue weighted by molar-refractivity contribution is 5.80. The molecule has 0 atom stereocenters. The number of halogens is 1. The predicted octanol–water partition coefficient (Wildman–Crippen LogP) is 2.52. The molecule has 0 spiro atoms. The number of nitrogens with one attached hydrogen (secondary N) is 1. The molecule has 2 heterocycles. The Kier molecular flexibility index (Phi) is 2.71. The second-order valence-electron chi connectivity index (χ2n) is 5.29. The lowest BCUT2D eigenvalue weighted by atomic mass is 10.0. The van der Waals surface area contributed by atoms with E-state index in [0.29, 0.717) is 11.4 Å². The molecule has 0 aromatic heterocycles. The summed E-state index contributed by atoms with van der Waals surface area (Å²) in [6.45, 7) is 1.91. The molecule has 2 aromatic rings. The van der Waals surface area contributed by atoms with Crippen molar-refractivity contribution < 1.29 is 9.50 Å². The van der Waals surface area contributed by atoms with Crippen LogP contribution in [0.15, 0.2) is 65.7 Å². The highest BCUT2D eigenvalue weighted by atomic mass is 19.1. The highest BCUT2D eigenvalue weighted by Crippen LogP contribution is 2.38. The maximum atomic E-state index is 13.1. The number of hydrogen-bond donors (Lipinski definition) is 1. The van der Waals surface area contributed by atoms with Gasteiger partial charge in [-0.05, 0) is 48.9 Å². The van der Waals surface area contributed by atoms with Gasteiger partial charge in [0.15, 0.2) is 0 Å². The maximum Gasteiger partial charge on any atom is 0.123 e. The predicted molar refractivity (Wildman–Crippen MR) is 81.6 cm³/mol. The Morgan fingerprint density at radius 2 is 1.73 bits per heavy atom. The summed E-state index contributed by atoms with van der Waals surface area (Å²) in [5.74, 6) is -0.489. The zero-order valence-corrected chi connectivity index (χ0v) is 11.9. The van der Waals surface area contributed by atoms with Crippen LogP contribution < -0.4 is 20.7 Å². The monoisotopic (exact) mass is 294 g/mol. The van der Waals surface area contributed by atoms with Gasteiger partial charge >= 0.3 is 0 Å². The first-order chi connectivity index (χ1) is 10.6. The van der Waals surface area contributed by atoms with E-state index in [0.717, 1.165) is 16.8 Å². The van der Waals surface area contributed by atoms with Gasteiger partial charge in [-0.15, -0.1) is 5.53 Å². The minimum absolute atomic E-state index is 0.158. The number of hydrogen-bond acceptors (Lipinski definition) is 4. The van der Waals surface area contributed by atoms with Gasteiger partial charge in [-0.25, -0.2) is 4.39 Å². The molecule has 0 saturated heterocycles. The van der Waals surface area contributed by atoms with E-state index in [1.807, 2.05) is 37.3 Å². The average molecular weight is 294 g/mol. The molecule has 4 nitrogen and oxygen atoms in total. The largest absolute Gasteiger partial charge is 0.857 e. The Morgan fingerprint density at radius 1 is 1.00 bits per heavy atom. The van der Waals surface area contributed by atoms with Crippen molar-refractivity contribution in [1.29, 1.82) is 0 Å². The lowest BCUT2D eigenvalue weighted by Gasteiger charge is -2.29. The summed E-state index contributed by atoms with van der Waals surface area (Å²) in [5, 5.41) is 15.9. The molecule has 1 N–H and O–H groups in total. The molecule has 0 saturated carbocycles. The Hall–Kier alpha value is -2.79. The Morgan fingerprint density at radius 3 is 2.50 bits per heavy atom. The van der Waals surface area contributed by atoms with Gasteiger partial charge in [-0.1, -0.05) is 18.2 Å². The lowest BCUT2D eigenvalue weighted by molar-refractivity contribution is -0.305. The van der Waals surface area contributed by atoms with Crippen molar-refractivity contribution >= 4 is 17.5 Å². The minimum Gasteiger partial charge on any atom is -0.857 e. The second-order valence-corrected chi connectivity index (χ2v) is 5.29. The highest BCUT2D eigenvalue weighted by Gasteiger charge is 2.30. The fourth-order valence-electron chi connectivity index (χ4n) is 2.80. The standard InChI is InChI=1S/C17H14FN3O/c1-11-10-12-4-2-3-5-15(12)21-16(11)17(22)20(19-21)14-8-6-13(18)7-9-14/h2-10,19,22H,1H3/p-1. The van der Waals surface area contributed by atoms with E-state index >= 15 is 0 Å². The summed E-state index contributed by atoms with van der Waals surface area (Å²) in [6, 6.07) is 13.7. The van der Waals surface area contributed by atoms with Crippen molar-refractivity contribution in [3.05, 3.63) is 77.1 Å². The van der Waals surface area contributed by atoms with Gasteiger partial charge in [0.1, 0.15) is 5.82 Å². The number of anilines is 2. The van der Waals surface area contributed by atoms with Crippen LogP contribution in [0.3, 0.4) is 0 Å². The van der Waals surface area contributed by atoms with Crippen LogP contribution in [0.25, 0.3) is 6.08 Å². The van der Waals surface area contributed by atoms with Gasteiger partial charge < -0.3 is 5.11 Å². The smallest absolute Gasteiger partial charge is 0.123 e. The summed E-state index contributed by atoms with van der Waals surface area (Å²) in [6.07, 6.45) is 1.99. The van der Waals surface area contributed by atoms with Crippen LogP contribution in [0.2, 0.25) is 0 Å². The van der Waals surface area contributed by atoms with Gasteiger partial charge in [0.05, 0.1) is 17.1 Å². The third-order valence-electron chi connectivity index (χ3n) is 3.84. The summed E-state index contributed by atoms with van der Waals surface area (Å²) in [5.41, 5.74) is 7.12. The topological polar surface area (TPSA) is 41.6 Å². The zero-order valence-electron chi connectivity index (χ0n) is 11.9. The van der Waals surface area contributed by atoms with Crippen LogP contribution in [-0.2, 0) is 0 Å². The van der Waals surface area contributed by atoms with E-state index in [2.05, 4.69) is 5.53 Å². The number of para-hydroxylation sites is 1. The van der Waals surface area contributed by atoms with Gasteiger partial charge in [0, 0.05) is 11.4 Å². The normalized spacial score (nSPS) is 16.5. The van der Waals surface area contributed by atoms with Gasteiger partial charge in [0.25, 0.3) is 0 Å². The molecule has 2 aliphatic rings. The van der Waals surface area contributed by atoms with E-state index in [1.54, 1.807) is 17.1 Å². The van der Waals surface area contributed by atoms with Crippen molar-refractivity contribution in [3.8, 4) is 0 Å². The number of benzene rings is 2. The van der Waals surface area contributed by atoms with Crippen LogP contribution in [0.4, 0.5) is 15.8 Å². The molecule has 0 radical (unpaired) electrons. The third kappa shape index (κ3) is 1.79. The number of hydrazine groups is 2. The summed E-state index contributed by atoms with van der Waals surface area (Å²) in [7, 11) is 0. The van der Waals surface area contributed by atoms with Crippen molar-refractivity contribution in [3.63, 3.8) is 0 Å². The van der Waals surface area contributed by atoms with E-state index in [1.165, 1.54) is 17.1 Å². The van der Waals surface area contributed by atoms with E-state index in [-0.39, 0.29) is 11.7 Å². The fraction of sp³-hybridized carbons (Fsp3) is 0.0588. The molecular formula is C17H13FN3O-. The Bertz CT molecular complexity index is 811. The summed E-state index contributed by atoms with van der Waals surface area (Å²) in [4.78, 5) is 0. The molecule has 22 heavy (non-hydrogen) atoms. The number of rotatable bonds is 1. The SMILES string of the molecule is CC1=Cc2ccccc2N2NN(c3ccc(F)cc3)C([O-])=C12. The zero-order chi connectivity index (χ0) is 15.3. The van der Waals surface area contributed by atoms with Crippen LogP contribution in [0.5, 0.6) is 0 Å². The van der Waals surface area contributed by atoms with Crippen LogP contribution in [0, 0.1) is 5.82 Å². The molecule has 0 amide bonds. The van der Waals surface area contributed by atoms with Crippen LogP contribution in [0.1, 0.15) is 12.5 Å². The molecule has 110 valence electrons. The number of allylic oxidation sites excluding steroid dienone is 1. The number of nitrogens with zero attached hydrogens (tertiary/aromatic N) is 2. The number of fused-ring (bicyclic) bond motifs is 3. The quantitative estimate of drug-likeness (QED) is 0.877. The molecule has 5 heteroatoms. The van der Waals surface area contributed by atoms with E-state index < -0.39 is 0 Å². The molecular weight excluding hydrogens is 281 g/mol. The lowest BCUT2D eigenvalue weighted by Crippen LogP contribution is -2.43. The molecule has 0 fully saturated rings. The summed E-state index contributed by atoms with van der Waals surface area (Å²) < 4.78 is 13.1. The van der Waals surface area contributed by atoms with Crippen molar-refractivity contribution in [2.24, 2.45) is 0 Å². The summed E-state index contributed by atoms with van der Waals surface area (Å²) >= 11 is 0. The molecule has 2 aromatic carbocycles. The first-order valence-electron chi connectivity index (χ1n) is 6.96. The first-order valence-corrected chi connectivity index (χ1v) is 6.96. The van der Waals surface area contributed by atoms with E-state index in [4.69, 9.17) is 0 Å². The Labute approximate surface area is 127 Å². The van der Waals surface area contributed by atoms with E-state index in [9.17, 15) is 9.50 Å². The van der Waals surface area contributed by atoms with Crippen molar-refractivity contribution in [1.82, 2.24) is 5.53 Å². The van der Waals surface area contributed by atoms with Crippen molar-refractivity contribution in [2.45, 2.75) is 6.92 Å². The maximum absolute atomic E-state index is 13.1. The molecule has 0 unspecified atom stereocenters. The van der Waals surface area contributed by atoms with Gasteiger partial charge in [-0.3, -0.25) is 10.0 Å². The van der Waals surface area contributed by atoms with Crippen LogP contribution >= 0.6 is 0 Å². The molecule has 0 aliphatic carbocycles. The minimum atomic E-state index is -0.331. The average Bonchev–Trinajstić information content (AvgIpc) is 2.87. The Balaban J connectivity index is 1.81. The second kappa shape index (κ2) is 4.61.